The van der Waals surface area contributed by atoms with Gasteiger partial charge >= 0.3 is 0 Å². The summed E-state index contributed by atoms with van der Waals surface area (Å²) in [5.41, 5.74) is 1.74. The van der Waals surface area contributed by atoms with Gasteiger partial charge in [0.2, 0.25) is 5.91 Å². The van der Waals surface area contributed by atoms with E-state index in [1.54, 1.807) is 11.8 Å². The molecule has 1 aliphatic rings. The summed E-state index contributed by atoms with van der Waals surface area (Å²) in [6.07, 6.45) is 3.88. The second-order valence-electron chi connectivity index (χ2n) is 7.86. The number of carbonyl (C=O) groups excluding carboxylic acids is 1. The highest BCUT2D eigenvalue weighted by Gasteiger charge is 2.31. The molecule has 1 amide bonds. The predicted molar refractivity (Wildman–Crippen MR) is 112 cm³/mol. The van der Waals surface area contributed by atoms with Crippen molar-refractivity contribution in [2.45, 2.75) is 44.1 Å². The third-order valence-electron chi connectivity index (χ3n) is 5.19. The maximum absolute atomic E-state index is 12.0. The third-order valence-corrected chi connectivity index (χ3v) is 5.19. The maximum atomic E-state index is 12.0. The van der Waals surface area contributed by atoms with Gasteiger partial charge in [-0.25, -0.2) is 0 Å². The molecule has 0 spiro atoms. The summed E-state index contributed by atoms with van der Waals surface area (Å²) in [6.45, 7) is 0.865. The van der Waals surface area contributed by atoms with Crippen LogP contribution in [-0.4, -0.2) is 83.5 Å². The third kappa shape index (κ3) is 6.01. The van der Waals surface area contributed by atoms with Crippen molar-refractivity contribution in [3.05, 3.63) is 30.5 Å². The zero-order chi connectivity index (χ0) is 21.5. The number of nitrogens with one attached hydrogen (secondary N) is 1. The van der Waals surface area contributed by atoms with Crippen LogP contribution in [0.15, 0.2) is 30.5 Å². The summed E-state index contributed by atoms with van der Waals surface area (Å²) in [5.74, 6) is 0.720. The van der Waals surface area contributed by atoms with Crippen LogP contribution in [0, 0.1) is 0 Å². The fraction of sp³-hybridized carbons (Fsp3) is 0.571. The first-order valence-electron chi connectivity index (χ1n) is 10.2. The van der Waals surface area contributed by atoms with E-state index in [9.17, 15) is 9.90 Å². The summed E-state index contributed by atoms with van der Waals surface area (Å²) in [4.78, 5) is 13.8. The molecule has 0 saturated carbocycles. The summed E-state index contributed by atoms with van der Waals surface area (Å²) in [7, 11) is 5.33. The maximum Gasteiger partial charge on any atom is 0.234 e. The second kappa shape index (κ2) is 10.5. The van der Waals surface area contributed by atoms with Gasteiger partial charge in [0.25, 0.3) is 0 Å². The first-order valence-corrected chi connectivity index (χ1v) is 10.2. The van der Waals surface area contributed by atoms with E-state index < -0.39 is 6.10 Å². The Morgan fingerprint density at radius 2 is 2.23 bits per heavy atom. The van der Waals surface area contributed by atoms with Crippen molar-refractivity contribution in [2.24, 2.45) is 0 Å². The number of amides is 1. The van der Waals surface area contributed by atoms with Crippen LogP contribution < -0.4 is 10.1 Å². The highest BCUT2D eigenvalue weighted by atomic mass is 16.5. The van der Waals surface area contributed by atoms with Crippen LogP contribution in [0.25, 0.3) is 11.3 Å². The van der Waals surface area contributed by atoms with Crippen molar-refractivity contribution in [1.29, 1.82) is 0 Å². The Hall–Kier alpha value is -2.49. The number of aryl methyl sites for hydroxylation is 1. The molecule has 2 heterocycles. The summed E-state index contributed by atoms with van der Waals surface area (Å²) < 4.78 is 13.1. The van der Waals surface area contributed by atoms with Crippen molar-refractivity contribution in [1.82, 2.24) is 25.2 Å². The average Bonchev–Trinajstić information content (AvgIpc) is 3.21. The molecule has 1 aliphatic heterocycles. The van der Waals surface area contributed by atoms with Gasteiger partial charge in [-0.3, -0.25) is 9.48 Å². The van der Waals surface area contributed by atoms with Crippen LogP contribution in [-0.2, 0) is 16.1 Å². The van der Waals surface area contributed by atoms with Gasteiger partial charge in [-0.05, 0) is 45.5 Å². The topological polar surface area (TPSA) is 102 Å². The van der Waals surface area contributed by atoms with Gasteiger partial charge in [0.15, 0.2) is 0 Å². The Morgan fingerprint density at radius 1 is 1.40 bits per heavy atom. The number of methoxy groups -OCH3 is 1. The minimum atomic E-state index is -0.391. The molecule has 9 nitrogen and oxygen atoms in total. The number of aliphatic hydroxyl groups is 1. The van der Waals surface area contributed by atoms with Gasteiger partial charge in [0.1, 0.15) is 17.5 Å². The van der Waals surface area contributed by atoms with E-state index in [1.807, 2.05) is 49.5 Å². The highest BCUT2D eigenvalue weighted by Crippen LogP contribution is 2.24. The number of likely N-dealkylation sites (N-methyl/N-ethyl adjacent to an activating group) is 1. The van der Waals surface area contributed by atoms with Crippen LogP contribution in [0.5, 0.6) is 5.75 Å². The van der Waals surface area contributed by atoms with Crippen LogP contribution >= 0.6 is 0 Å². The smallest absolute Gasteiger partial charge is 0.234 e. The fourth-order valence-corrected chi connectivity index (χ4v) is 3.65. The number of nitrogens with zero attached hydrogens (tertiary/aromatic N) is 4. The van der Waals surface area contributed by atoms with Crippen molar-refractivity contribution < 1.29 is 19.4 Å². The molecule has 1 saturated heterocycles. The van der Waals surface area contributed by atoms with Crippen LogP contribution in [0.1, 0.15) is 19.3 Å². The lowest BCUT2D eigenvalue weighted by atomic mass is 9.97. The zero-order valence-corrected chi connectivity index (χ0v) is 17.8. The summed E-state index contributed by atoms with van der Waals surface area (Å²) in [5, 5.41) is 21.1. The molecule has 1 aromatic heterocycles. The molecule has 2 N–H and O–H groups in total. The van der Waals surface area contributed by atoms with E-state index in [0.717, 1.165) is 36.3 Å². The fourth-order valence-electron chi connectivity index (χ4n) is 3.65. The lowest BCUT2D eigenvalue weighted by Gasteiger charge is -2.36. The molecule has 2 aromatic rings. The number of carbonyl (C=O) groups is 1. The quantitative estimate of drug-likeness (QED) is 0.626. The van der Waals surface area contributed by atoms with Gasteiger partial charge in [0, 0.05) is 12.1 Å². The normalized spacial score (nSPS) is 21.6. The molecule has 0 aliphatic carbocycles. The largest absolute Gasteiger partial charge is 0.497 e. The van der Waals surface area contributed by atoms with Gasteiger partial charge in [-0.15, -0.1) is 5.10 Å². The van der Waals surface area contributed by atoms with E-state index in [4.69, 9.17) is 9.47 Å². The molecule has 1 fully saturated rings. The number of hydrogen-bond acceptors (Lipinski definition) is 7. The SMILES string of the molecule is COc1cccc(-c2cn(CC[C@@H]3CC[C@H](NC(=O)CN(C)C)[C@@H](CO)O3)nn2)c1. The molecule has 30 heavy (non-hydrogen) atoms. The van der Waals surface area contributed by atoms with Crippen LogP contribution in [0.4, 0.5) is 0 Å². The Kier molecular flexibility index (Phi) is 7.78. The number of benzene rings is 1. The lowest BCUT2D eigenvalue weighted by Crippen LogP contribution is -2.52. The van der Waals surface area contributed by atoms with E-state index in [0.29, 0.717) is 13.1 Å². The molecule has 0 unspecified atom stereocenters. The van der Waals surface area contributed by atoms with Gasteiger partial charge in [-0.1, -0.05) is 17.3 Å². The number of rotatable bonds is 9. The van der Waals surface area contributed by atoms with Gasteiger partial charge in [0.05, 0.1) is 38.6 Å². The van der Waals surface area contributed by atoms with Crippen molar-refractivity contribution >= 4 is 5.91 Å². The monoisotopic (exact) mass is 417 g/mol. The second-order valence-corrected chi connectivity index (χ2v) is 7.86. The van der Waals surface area contributed by atoms with Crippen molar-refractivity contribution in [2.75, 3.05) is 34.4 Å². The number of ether oxygens (including phenoxy) is 2. The number of aliphatic hydroxyl groups excluding tert-OH is 1. The Labute approximate surface area is 177 Å². The van der Waals surface area contributed by atoms with Gasteiger partial charge in [-0.2, -0.15) is 0 Å². The summed E-state index contributed by atoms with van der Waals surface area (Å²) in [6, 6.07) is 7.55. The Bertz CT molecular complexity index is 825. The standard InChI is InChI=1S/C21H31N5O4/c1-25(2)13-21(28)22-18-8-7-16(30-20(18)14-27)9-10-26-12-19(23-24-26)15-5-4-6-17(11-15)29-3/h4-6,11-12,16,18,20,27H,7-10,13-14H2,1-3H3,(H,22,28)/t16-,18-,20+/m0/s1. The minimum absolute atomic E-state index is 0.00798. The number of hydrogen-bond donors (Lipinski definition) is 2. The van der Waals surface area contributed by atoms with Crippen LogP contribution in [0.3, 0.4) is 0 Å². The molecule has 9 heteroatoms. The minimum Gasteiger partial charge on any atom is -0.497 e. The first kappa shape index (κ1) is 22.2. The van der Waals surface area contributed by atoms with Crippen LogP contribution in [0.2, 0.25) is 0 Å². The Morgan fingerprint density at radius 3 is 2.97 bits per heavy atom. The van der Waals surface area contributed by atoms with E-state index >= 15 is 0 Å². The molecular weight excluding hydrogens is 386 g/mol. The Balaban J connectivity index is 1.51. The molecule has 164 valence electrons. The lowest BCUT2D eigenvalue weighted by molar-refractivity contribution is -0.129. The molecular formula is C21H31N5O4. The molecule has 1 aromatic carbocycles. The molecule has 3 rings (SSSR count). The molecule has 0 radical (unpaired) electrons. The highest BCUT2D eigenvalue weighted by molar-refractivity contribution is 5.78. The average molecular weight is 418 g/mol. The van der Waals surface area contributed by atoms with E-state index in [2.05, 4.69) is 15.6 Å². The zero-order valence-electron chi connectivity index (χ0n) is 17.8. The molecule has 3 atom stereocenters. The summed E-state index contributed by atoms with van der Waals surface area (Å²) >= 11 is 0. The molecule has 0 bridgehead atoms. The van der Waals surface area contributed by atoms with Crippen molar-refractivity contribution in [3.63, 3.8) is 0 Å². The first-order chi connectivity index (χ1) is 14.5. The van der Waals surface area contributed by atoms with Gasteiger partial charge < -0.3 is 24.8 Å². The van der Waals surface area contributed by atoms with E-state index in [1.165, 1.54) is 0 Å². The predicted octanol–water partition coefficient (Wildman–Crippen LogP) is 0.930. The van der Waals surface area contributed by atoms with Crippen molar-refractivity contribution in [3.8, 4) is 17.0 Å². The number of aromatic nitrogens is 3. The van der Waals surface area contributed by atoms with E-state index in [-0.39, 0.29) is 24.7 Å².